The van der Waals surface area contributed by atoms with Gasteiger partial charge in [0, 0.05) is 47.7 Å². The Morgan fingerprint density at radius 1 is 0.543 bits per heavy atom. The van der Waals surface area contributed by atoms with Crippen LogP contribution in [0.25, 0.3) is 0 Å². The highest BCUT2D eigenvalue weighted by molar-refractivity contribution is 5.63. The average molecular weight is 639 g/mol. The summed E-state index contributed by atoms with van der Waals surface area (Å²) < 4.78 is 35.8. The number of hydrogen-bond donors (Lipinski definition) is 0. The number of unbranched alkanes of at least 4 members (excludes halogenated alkanes) is 6. The van der Waals surface area contributed by atoms with Gasteiger partial charge in [0.05, 0.1) is 26.4 Å². The van der Waals surface area contributed by atoms with Gasteiger partial charge in [-0.1, -0.05) is 52.4 Å². The first kappa shape index (κ1) is 34.5. The Hall–Kier alpha value is -2.84. The molecule has 3 aliphatic heterocycles. The molecule has 3 fully saturated rings. The van der Waals surface area contributed by atoms with E-state index in [0.717, 1.165) is 49.1 Å². The molecule has 2 aromatic rings. The zero-order valence-electron chi connectivity index (χ0n) is 29.2. The lowest BCUT2D eigenvalue weighted by molar-refractivity contribution is 0.239. The standard InChI is InChI=1S/C38H58N2O6/c1-7-9-11-13-19-41-37-21-31(15-17-35(37)45-25-33-23-43-33)39-27(3)29(5)40(30(6)28(39)4)32-16-18-36(46-26-34-24-44-34)38(22-32)42-20-14-12-10-8-2/h15-18,21-22,27-30,33-34H,7-14,19-20,23-26H2,1-6H3. The van der Waals surface area contributed by atoms with Crippen molar-refractivity contribution in [2.75, 3.05) is 49.4 Å². The molecule has 0 aromatic heterocycles. The molecule has 8 heteroatoms. The van der Waals surface area contributed by atoms with Crippen molar-refractivity contribution < 1.29 is 28.4 Å². The molecule has 3 saturated heterocycles. The number of ether oxygens (including phenoxy) is 6. The summed E-state index contributed by atoms with van der Waals surface area (Å²) in [5.74, 6) is 3.24. The van der Waals surface area contributed by atoms with E-state index >= 15 is 0 Å². The maximum Gasteiger partial charge on any atom is 0.163 e. The maximum atomic E-state index is 6.36. The number of epoxide rings is 2. The predicted molar refractivity (Wildman–Crippen MR) is 185 cm³/mol. The van der Waals surface area contributed by atoms with E-state index in [0.29, 0.717) is 26.4 Å². The maximum absolute atomic E-state index is 6.36. The third-order valence-electron chi connectivity index (χ3n) is 9.77. The molecule has 0 N–H and O–H groups in total. The molecule has 5 rings (SSSR count). The van der Waals surface area contributed by atoms with E-state index in [-0.39, 0.29) is 36.4 Å². The Kier molecular flexibility index (Phi) is 12.6. The largest absolute Gasteiger partial charge is 0.490 e. The number of piperazine rings is 1. The van der Waals surface area contributed by atoms with Crippen molar-refractivity contribution >= 4 is 11.4 Å². The zero-order valence-corrected chi connectivity index (χ0v) is 29.2. The summed E-state index contributed by atoms with van der Waals surface area (Å²) in [6.45, 7) is 17.9. The fourth-order valence-electron chi connectivity index (χ4n) is 6.51. The molecule has 0 spiro atoms. The van der Waals surface area contributed by atoms with Gasteiger partial charge in [0.1, 0.15) is 25.4 Å². The van der Waals surface area contributed by atoms with Crippen molar-refractivity contribution in [2.24, 2.45) is 0 Å². The number of rotatable bonds is 20. The lowest BCUT2D eigenvalue weighted by Gasteiger charge is -2.55. The summed E-state index contributed by atoms with van der Waals surface area (Å²) in [6.07, 6.45) is 9.75. The van der Waals surface area contributed by atoms with E-state index in [9.17, 15) is 0 Å². The Morgan fingerprint density at radius 3 is 1.28 bits per heavy atom. The SMILES string of the molecule is CCCCCCOc1cc(N2C(C)C(C)N(c3ccc(OCC4CO4)c(OCCCCCC)c3)C(C)C2C)ccc1OCC1CO1. The molecule has 2 aromatic carbocycles. The molecule has 0 bridgehead atoms. The summed E-state index contributed by atoms with van der Waals surface area (Å²) in [7, 11) is 0. The van der Waals surface area contributed by atoms with E-state index in [1.54, 1.807) is 0 Å². The molecule has 46 heavy (non-hydrogen) atoms. The Balaban J connectivity index is 1.32. The molecule has 3 heterocycles. The smallest absolute Gasteiger partial charge is 0.163 e. The second-order valence-electron chi connectivity index (χ2n) is 13.4. The Morgan fingerprint density at radius 2 is 0.935 bits per heavy atom. The molecule has 0 radical (unpaired) electrons. The molecule has 256 valence electrons. The van der Waals surface area contributed by atoms with Gasteiger partial charge in [-0.3, -0.25) is 0 Å². The molecule has 0 saturated carbocycles. The van der Waals surface area contributed by atoms with Gasteiger partial charge in [0.25, 0.3) is 0 Å². The van der Waals surface area contributed by atoms with Crippen molar-refractivity contribution in [3.63, 3.8) is 0 Å². The number of anilines is 2. The third kappa shape index (κ3) is 9.15. The van der Waals surface area contributed by atoms with Crippen LogP contribution in [0, 0.1) is 0 Å². The molecule has 0 aliphatic carbocycles. The monoisotopic (exact) mass is 638 g/mol. The lowest BCUT2D eigenvalue weighted by atomic mass is 9.92. The van der Waals surface area contributed by atoms with Crippen LogP contribution in [-0.4, -0.2) is 76.0 Å². The number of nitrogens with zero attached hydrogens (tertiary/aromatic N) is 2. The van der Waals surface area contributed by atoms with E-state index in [1.807, 2.05) is 0 Å². The Labute approximate surface area is 277 Å². The topological polar surface area (TPSA) is 68.5 Å². The minimum atomic E-state index is 0.201. The Bertz CT molecular complexity index is 1110. The van der Waals surface area contributed by atoms with Crippen molar-refractivity contribution in [3.8, 4) is 23.0 Å². The summed E-state index contributed by atoms with van der Waals surface area (Å²) in [5, 5.41) is 0. The van der Waals surface area contributed by atoms with Gasteiger partial charge in [-0.2, -0.15) is 0 Å². The van der Waals surface area contributed by atoms with Crippen molar-refractivity contribution in [3.05, 3.63) is 36.4 Å². The normalized spacial score (nSPS) is 25.3. The van der Waals surface area contributed by atoms with Crippen LogP contribution in [0.4, 0.5) is 11.4 Å². The quantitative estimate of drug-likeness (QED) is 0.107. The lowest BCUT2D eigenvalue weighted by Crippen LogP contribution is -2.66. The summed E-state index contributed by atoms with van der Waals surface area (Å²) in [6, 6.07) is 13.9. The fraction of sp³-hybridized carbons (Fsp3) is 0.684. The van der Waals surface area contributed by atoms with Crippen LogP contribution in [0.2, 0.25) is 0 Å². The molecular formula is C38H58N2O6. The summed E-state index contributed by atoms with van der Waals surface area (Å²) in [4.78, 5) is 5.11. The number of benzene rings is 2. The average Bonchev–Trinajstić information content (AvgIpc) is 3.99. The van der Waals surface area contributed by atoms with Gasteiger partial charge in [-0.25, -0.2) is 0 Å². The van der Waals surface area contributed by atoms with Crippen LogP contribution in [0.5, 0.6) is 23.0 Å². The highest BCUT2D eigenvalue weighted by Crippen LogP contribution is 2.41. The van der Waals surface area contributed by atoms with E-state index in [2.05, 4.69) is 87.7 Å². The first-order valence-electron chi connectivity index (χ1n) is 18.0. The van der Waals surface area contributed by atoms with Crippen molar-refractivity contribution in [1.82, 2.24) is 0 Å². The zero-order chi connectivity index (χ0) is 32.5. The van der Waals surface area contributed by atoms with Gasteiger partial charge in [-0.05, 0) is 64.8 Å². The van der Waals surface area contributed by atoms with Crippen LogP contribution in [0.3, 0.4) is 0 Å². The second-order valence-corrected chi connectivity index (χ2v) is 13.4. The van der Waals surface area contributed by atoms with E-state index in [1.165, 1.54) is 49.9 Å². The molecule has 6 atom stereocenters. The van der Waals surface area contributed by atoms with Crippen LogP contribution in [-0.2, 0) is 9.47 Å². The fourth-order valence-corrected chi connectivity index (χ4v) is 6.51. The second kappa shape index (κ2) is 16.8. The molecule has 6 unspecified atom stereocenters. The van der Waals surface area contributed by atoms with E-state index < -0.39 is 0 Å². The highest BCUT2D eigenvalue weighted by atomic mass is 16.6. The first-order chi connectivity index (χ1) is 22.4. The highest BCUT2D eigenvalue weighted by Gasteiger charge is 2.41. The van der Waals surface area contributed by atoms with Gasteiger partial charge in [0.2, 0.25) is 0 Å². The molecule has 0 amide bonds. The summed E-state index contributed by atoms with van der Waals surface area (Å²) in [5.41, 5.74) is 2.33. The van der Waals surface area contributed by atoms with Crippen molar-refractivity contribution in [2.45, 2.75) is 129 Å². The van der Waals surface area contributed by atoms with Crippen LogP contribution in [0.1, 0.15) is 92.9 Å². The van der Waals surface area contributed by atoms with Crippen molar-refractivity contribution in [1.29, 1.82) is 0 Å². The van der Waals surface area contributed by atoms with Crippen LogP contribution < -0.4 is 28.7 Å². The van der Waals surface area contributed by atoms with Crippen LogP contribution >= 0.6 is 0 Å². The third-order valence-corrected chi connectivity index (χ3v) is 9.77. The van der Waals surface area contributed by atoms with Gasteiger partial charge in [0.15, 0.2) is 23.0 Å². The molecule has 8 nitrogen and oxygen atoms in total. The van der Waals surface area contributed by atoms with Gasteiger partial charge in [-0.15, -0.1) is 0 Å². The predicted octanol–water partition coefficient (Wildman–Crippen LogP) is 8.04. The minimum absolute atomic E-state index is 0.201. The minimum Gasteiger partial charge on any atom is -0.490 e. The first-order valence-corrected chi connectivity index (χ1v) is 18.0. The van der Waals surface area contributed by atoms with Gasteiger partial charge >= 0.3 is 0 Å². The summed E-state index contributed by atoms with van der Waals surface area (Å²) >= 11 is 0. The van der Waals surface area contributed by atoms with Crippen LogP contribution in [0.15, 0.2) is 36.4 Å². The molecule has 3 aliphatic rings. The molecular weight excluding hydrogens is 580 g/mol. The van der Waals surface area contributed by atoms with E-state index in [4.69, 9.17) is 28.4 Å². The van der Waals surface area contributed by atoms with Gasteiger partial charge < -0.3 is 38.2 Å². The number of hydrogen-bond acceptors (Lipinski definition) is 8.